The molecule has 1 amide bonds. The van der Waals surface area contributed by atoms with Crippen LogP contribution in [0.4, 0.5) is 0 Å². The van der Waals surface area contributed by atoms with Gasteiger partial charge in [0.2, 0.25) is 0 Å². The predicted molar refractivity (Wildman–Crippen MR) is 66.7 cm³/mol. The van der Waals surface area contributed by atoms with Crippen LogP contribution in [0.15, 0.2) is 24.3 Å². The van der Waals surface area contributed by atoms with E-state index in [1.807, 2.05) is 29.3 Å². The maximum absolute atomic E-state index is 12.3. The molecule has 0 N–H and O–H groups in total. The van der Waals surface area contributed by atoms with Crippen molar-refractivity contribution in [2.24, 2.45) is 0 Å². The summed E-state index contributed by atoms with van der Waals surface area (Å²) in [6.07, 6.45) is 0. The first-order valence-corrected chi connectivity index (χ1v) is 6.00. The average molecular weight is 248 g/mol. The van der Waals surface area contributed by atoms with Gasteiger partial charge in [0.1, 0.15) is 4.99 Å². The fourth-order valence-electron chi connectivity index (χ4n) is 2.19. The quantitative estimate of drug-likeness (QED) is 0.696. The molecule has 1 aromatic rings. The average Bonchev–Trinajstić information content (AvgIpc) is 2.64. The van der Waals surface area contributed by atoms with Crippen LogP contribution in [-0.4, -0.2) is 47.2 Å². The summed E-state index contributed by atoms with van der Waals surface area (Å²) in [6, 6.07) is 7.49. The first-order chi connectivity index (χ1) is 8.29. The molecule has 1 fully saturated rings. The maximum Gasteiger partial charge on any atom is 0.274 e. The molecule has 0 saturated carbocycles. The molecular formula is C12H12N2O2S. The number of rotatable bonds is 1. The molecule has 88 valence electrons. The SMILES string of the molecule is O=C1c2ccccc2C(=S)N1N1CCOCC1. The highest BCUT2D eigenvalue weighted by Crippen LogP contribution is 2.25. The zero-order valence-electron chi connectivity index (χ0n) is 9.26. The third-order valence-corrected chi connectivity index (χ3v) is 3.44. The fourth-order valence-corrected chi connectivity index (χ4v) is 2.56. The Morgan fingerprint density at radius 2 is 1.76 bits per heavy atom. The van der Waals surface area contributed by atoms with E-state index in [-0.39, 0.29) is 5.91 Å². The van der Waals surface area contributed by atoms with E-state index in [2.05, 4.69) is 0 Å². The van der Waals surface area contributed by atoms with Gasteiger partial charge in [-0.25, -0.2) is 10.0 Å². The van der Waals surface area contributed by atoms with Crippen LogP contribution in [0.2, 0.25) is 0 Å². The molecular weight excluding hydrogens is 236 g/mol. The van der Waals surface area contributed by atoms with Gasteiger partial charge >= 0.3 is 0 Å². The summed E-state index contributed by atoms with van der Waals surface area (Å²) in [4.78, 5) is 12.9. The van der Waals surface area contributed by atoms with Crippen molar-refractivity contribution in [3.05, 3.63) is 35.4 Å². The molecule has 0 atom stereocenters. The number of fused-ring (bicyclic) bond motifs is 1. The minimum atomic E-state index is -0.0208. The van der Waals surface area contributed by atoms with Crippen LogP contribution in [0, 0.1) is 0 Å². The molecule has 17 heavy (non-hydrogen) atoms. The topological polar surface area (TPSA) is 32.8 Å². The lowest BCUT2D eigenvalue weighted by molar-refractivity contribution is -0.0352. The lowest BCUT2D eigenvalue weighted by Gasteiger charge is -2.34. The Bertz CT molecular complexity index is 448. The van der Waals surface area contributed by atoms with Crippen molar-refractivity contribution >= 4 is 23.1 Å². The largest absolute Gasteiger partial charge is 0.379 e. The van der Waals surface area contributed by atoms with E-state index < -0.39 is 0 Å². The number of hydrogen-bond donors (Lipinski definition) is 0. The van der Waals surface area contributed by atoms with E-state index in [1.165, 1.54) is 0 Å². The molecule has 2 aliphatic rings. The normalized spacial score (nSPS) is 20.8. The van der Waals surface area contributed by atoms with E-state index in [9.17, 15) is 4.79 Å². The van der Waals surface area contributed by atoms with E-state index in [1.54, 1.807) is 5.01 Å². The molecule has 0 aliphatic carbocycles. The van der Waals surface area contributed by atoms with Crippen molar-refractivity contribution in [3.8, 4) is 0 Å². The van der Waals surface area contributed by atoms with Gasteiger partial charge in [-0.15, -0.1) is 0 Å². The number of thiocarbonyl (C=S) groups is 1. The van der Waals surface area contributed by atoms with Crippen LogP contribution in [0.5, 0.6) is 0 Å². The number of nitrogens with zero attached hydrogens (tertiary/aromatic N) is 2. The molecule has 0 spiro atoms. The number of benzene rings is 1. The Kier molecular flexibility index (Phi) is 2.66. The third-order valence-electron chi connectivity index (χ3n) is 3.04. The van der Waals surface area contributed by atoms with Crippen molar-refractivity contribution in [1.29, 1.82) is 0 Å². The number of morpholine rings is 1. The second kappa shape index (κ2) is 4.18. The summed E-state index contributed by atoms with van der Waals surface area (Å²) in [5.74, 6) is -0.0208. The summed E-state index contributed by atoms with van der Waals surface area (Å²) in [5.41, 5.74) is 1.56. The smallest absolute Gasteiger partial charge is 0.274 e. The molecule has 0 bridgehead atoms. The van der Waals surface area contributed by atoms with Crippen molar-refractivity contribution in [3.63, 3.8) is 0 Å². The third kappa shape index (κ3) is 1.67. The maximum atomic E-state index is 12.3. The summed E-state index contributed by atoms with van der Waals surface area (Å²) in [5, 5.41) is 3.58. The Balaban J connectivity index is 1.94. The van der Waals surface area contributed by atoms with Crippen LogP contribution >= 0.6 is 12.2 Å². The highest BCUT2D eigenvalue weighted by atomic mass is 32.1. The molecule has 1 saturated heterocycles. The number of amides is 1. The van der Waals surface area contributed by atoms with Crippen LogP contribution in [0.25, 0.3) is 0 Å². The van der Waals surface area contributed by atoms with Gasteiger partial charge in [0.05, 0.1) is 18.8 Å². The van der Waals surface area contributed by atoms with Gasteiger partial charge in [-0.3, -0.25) is 4.79 Å². The molecule has 0 radical (unpaired) electrons. The monoisotopic (exact) mass is 248 g/mol. The van der Waals surface area contributed by atoms with Crippen molar-refractivity contribution in [2.75, 3.05) is 26.3 Å². The first kappa shape index (κ1) is 10.8. The summed E-state index contributed by atoms with van der Waals surface area (Å²) in [7, 11) is 0. The Morgan fingerprint density at radius 3 is 2.41 bits per heavy atom. The van der Waals surface area contributed by atoms with Gasteiger partial charge in [0.15, 0.2) is 0 Å². The minimum Gasteiger partial charge on any atom is -0.379 e. The number of hydrazine groups is 1. The Morgan fingerprint density at radius 1 is 1.12 bits per heavy atom. The molecule has 3 rings (SSSR count). The zero-order chi connectivity index (χ0) is 11.8. The Hall–Kier alpha value is -1.30. The highest BCUT2D eigenvalue weighted by Gasteiger charge is 2.36. The van der Waals surface area contributed by atoms with E-state index in [4.69, 9.17) is 17.0 Å². The van der Waals surface area contributed by atoms with Gasteiger partial charge in [0.25, 0.3) is 5.91 Å². The molecule has 0 aromatic heterocycles. The number of carbonyl (C=O) groups excluding carboxylic acids is 1. The standard InChI is InChI=1S/C12H12N2O2S/c15-11-9-3-1-2-4-10(9)12(17)14(11)13-5-7-16-8-6-13/h1-4H,5-8H2. The van der Waals surface area contributed by atoms with E-state index >= 15 is 0 Å². The fraction of sp³-hybridized carbons (Fsp3) is 0.333. The molecule has 2 aliphatic heterocycles. The highest BCUT2D eigenvalue weighted by molar-refractivity contribution is 7.80. The molecule has 1 aromatic carbocycles. The van der Waals surface area contributed by atoms with Crippen LogP contribution in [-0.2, 0) is 4.74 Å². The van der Waals surface area contributed by atoms with Gasteiger partial charge in [0, 0.05) is 18.7 Å². The van der Waals surface area contributed by atoms with Gasteiger partial charge in [-0.1, -0.05) is 30.4 Å². The molecule has 2 heterocycles. The van der Waals surface area contributed by atoms with E-state index in [0.717, 1.165) is 5.56 Å². The predicted octanol–water partition coefficient (Wildman–Crippen LogP) is 1.07. The molecule has 4 nitrogen and oxygen atoms in total. The number of ether oxygens (including phenoxy) is 1. The second-order valence-electron chi connectivity index (χ2n) is 4.03. The first-order valence-electron chi connectivity index (χ1n) is 5.59. The summed E-state index contributed by atoms with van der Waals surface area (Å²) in [6.45, 7) is 2.70. The van der Waals surface area contributed by atoms with Crippen LogP contribution in [0.3, 0.4) is 0 Å². The second-order valence-corrected chi connectivity index (χ2v) is 4.42. The summed E-state index contributed by atoms with van der Waals surface area (Å²) < 4.78 is 5.28. The lowest BCUT2D eigenvalue weighted by atomic mass is 10.1. The summed E-state index contributed by atoms with van der Waals surface area (Å²) >= 11 is 5.38. The van der Waals surface area contributed by atoms with Crippen LogP contribution < -0.4 is 0 Å². The van der Waals surface area contributed by atoms with Crippen molar-refractivity contribution in [2.45, 2.75) is 0 Å². The number of carbonyl (C=O) groups is 1. The molecule has 0 unspecified atom stereocenters. The van der Waals surface area contributed by atoms with Gasteiger partial charge < -0.3 is 4.74 Å². The molecule has 5 heteroatoms. The van der Waals surface area contributed by atoms with Gasteiger partial charge in [-0.05, 0) is 6.07 Å². The van der Waals surface area contributed by atoms with Crippen molar-refractivity contribution in [1.82, 2.24) is 10.0 Å². The number of hydrogen-bond acceptors (Lipinski definition) is 4. The van der Waals surface area contributed by atoms with E-state index in [0.29, 0.717) is 36.9 Å². The van der Waals surface area contributed by atoms with Crippen LogP contribution in [0.1, 0.15) is 15.9 Å². The Labute approximate surface area is 105 Å². The zero-order valence-corrected chi connectivity index (χ0v) is 10.1. The van der Waals surface area contributed by atoms with Crippen molar-refractivity contribution < 1.29 is 9.53 Å². The van der Waals surface area contributed by atoms with Gasteiger partial charge in [-0.2, -0.15) is 0 Å². The minimum absolute atomic E-state index is 0.0208. The lowest BCUT2D eigenvalue weighted by Crippen LogP contribution is -2.51.